The normalized spacial score (nSPS) is 17.7. The van der Waals surface area contributed by atoms with Crippen molar-refractivity contribution in [2.75, 3.05) is 19.6 Å². The highest BCUT2D eigenvalue weighted by atomic mass is 127. The van der Waals surface area contributed by atoms with E-state index < -0.39 is 5.60 Å². The molecule has 0 bridgehead atoms. The second-order valence-corrected chi connectivity index (χ2v) is 8.48. The van der Waals surface area contributed by atoms with Crippen LogP contribution in [-0.2, 0) is 11.3 Å². The minimum Gasteiger partial charge on any atom is -0.444 e. The molecule has 1 saturated heterocycles. The molecule has 0 radical (unpaired) electrons. The van der Waals surface area contributed by atoms with Crippen LogP contribution >= 0.6 is 24.0 Å². The van der Waals surface area contributed by atoms with Gasteiger partial charge in [-0.25, -0.2) is 9.79 Å². The number of hydrogen-bond acceptors (Lipinski definition) is 5. The standard InChI is InChI=1S/C20H35N5O3.HI/c1-7-21-18(22-12-16-11-17(14(2)3)24-28-16)23-15-9-8-10-25(13-15)19(26)27-20(4,5)6;/h11,14-15H,7-10,12-13H2,1-6H3,(H2,21,22,23);1H. The van der Waals surface area contributed by atoms with Gasteiger partial charge in [0.05, 0.1) is 5.69 Å². The van der Waals surface area contributed by atoms with Crippen LogP contribution in [0.15, 0.2) is 15.6 Å². The summed E-state index contributed by atoms with van der Waals surface area (Å²) in [5.41, 5.74) is 0.447. The Labute approximate surface area is 191 Å². The lowest BCUT2D eigenvalue weighted by Crippen LogP contribution is -2.53. The number of nitrogens with zero attached hydrogens (tertiary/aromatic N) is 3. The first kappa shape index (κ1) is 25.5. The Kier molecular flexibility index (Phi) is 10.2. The van der Waals surface area contributed by atoms with Crippen LogP contribution in [0.25, 0.3) is 0 Å². The van der Waals surface area contributed by atoms with Crippen LogP contribution in [0.4, 0.5) is 4.79 Å². The van der Waals surface area contributed by atoms with E-state index in [0.717, 1.165) is 37.4 Å². The predicted octanol–water partition coefficient (Wildman–Crippen LogP) is 3.87. The first-order valence-electron chi connectivity index (χ1n) is 10.2. The Morgan fingerprint density at radius 3 is 2.76 bits per heavy atom. The lowest BCUT2D eigenvalue weighted by atomic mass is 10.1. The van der Waals surface area contributed by atoms with Crippen molar-refractivity contribution in [3.05, 3.63) is 17.5 Å². The number of amides is 1. The number of rotatable bonds is 5. The minimum absolute atomic E-state index is 0. The van der Waals surface area contributed by atoms with Crippen LogP contribution in [0.1, 0.15) is 71.8 Å². The zero-order valence-corrected chi connectivity index (χ0v) is 20.8. The molecule has 2 N–H and O–H groups in total. The van der Waals surface area contributed by atoms with Gasteiger partial charge in [0.1, 0.15) is 12.1 Å². The van der Waals surface area contributed by atoms with Gasteiger partial charge in [0.15, 0.2) is 11.7 Å². The number of likely N-dealkylation sites (tertiary alicyclic amines) is 1. The number of hydrogen-bond donors (Lipinski definition) is 2. The van der Waals surface area contributed by atoms with Crippen molar-refractivity contribution >= 4 is 36.0 Å². The van der Waals surface area contributed by atoms with Crippen molar-refractivity contribution in [1.29, 1.82) is 0 Å². The molecule has 166 valence electrons. The van der Waals surface area contributed by atoms with Crippen molar-refractivity contribution in [3.8, 4) is 0 Å². The van der Waals surface area contributed by atoms with Crippen molar-refractivity contribution in [1.82, 2.24) is 20.7 Å². The quantitative estimate of drug-likeness (QED) is 0.347. The summed E-state index contributed by atoms with van der Waals surface area (Å²) in [6, 6.07) is 2.07. The fourth-order valence-corrected chi connectivity index (χ4v) is 2.93. The van der Waals surface area contributed by atoms with Gasteiger partial charge in [-0.2, -0.15) is 0 Å². The van der Waals surface area contributed by atoms with Crippen LogP contribution in [0.3, 0.4) is 0 Å². The van der Waals surface area contributed by atoms with E-state index in [9.17, 15) is 4.79 Å². The van der Waals surface area contributed by atoms with Gasteiger partial charge in [0, 0.05) is 31.7 Å². The van der Waals surface area contributed by atoms with E-state index in [2.05, 4.69) is 34.6 Å². The summed E-state index contributed by atoms with van der Waals surface area (Å²) in [5.74, 6) is 1.77. The molecular weight excluding hydrogens is 485 g/mol. The summed E-state index contributed by atoms with van der Waals surface area (Å²) >= 11 is 0. The zero-order valence-electron chi connectivity index (χ0n) is 18.4. The SMILES string of the molecule is CCNC(=NCc1cc(C(C)C)no1)NC1CCCN(C(=O)OC(C)(C)C)C1.I. The van der Waals surface area contributed by atoms with E-state index in [4.69, 9.17) is 9.26 Å². The second kappa shape index (κ2) is 11.6. The number of nitrogens with one attached hydrogen (secondary N) is 2. The molecule has 8 nitrogen and oxygen atoms in total. The molecule has 9 heteroatoms. The van der Waals surface area contributed by atoms with E-state index in [0.29, 0.717) is 25.0 Å². The number of carbonyl (C=O) groups is 1. The molecule has 1 fully saturated rings. The van der Waals surface area contributed by atoms with Crippen molar-refractivity contribution in [2.45, 2.75) is 78.5 Å². The third-order valence-electron chi connectivity index (χ3n) is 4.32. The Hall–Kier alpha value is -1.52. The molecule has 1 amide bonds. The Morgan fingerprint density at radius 2 is 2.17 bits per heavy atom. The van der Waals surface area contributed by atoms with Gasteiger partial charge in [-0.1, -0.05) is 19.0 Å². The van der Waals surface area contributed by atoms with E-state index >= 15 is 0 Å². The fourth-order valence-electron chi connectivity index (χ4n) is 2.93. The van der Waals surface area contributed by atoms with Gasteiger partial charge >= 0.3 is 6.09 Å². The van der Waals surface area contributed by atoms with Gasteiger partial charge in [0.2, 0.25) is 0 Å². The largest absolute Gasteiger partial charge is 0.444 e. The summed E-state index contributed by atoms with van der Waals surface area (Å²) < 4.78 is 10.9. The summed E-state index contributed by atoms with van der Waals surface area (Å²) in [4.78, 5) is 18.7. The van der Waals surface area contributed by atoms with Crippen LogP contribution in [0.2, 0.25) is 0 Å². The van der Waals surface area contributed by atoms with E-state index in [1.807, 2.05) is 33.8 Å². The van der Waals surface area contributed by atoms with E-state index in [1.54, 1.807) is 4.90 Å². The number of piperidine rings is 1. The smallest absolute Gasteiger partial charge is 0.410 e. The summed E-state index contributed by atoms with van der Waals surface area (Å²) in [6.07, 6.45) is 1.64. The second-order valence-electron chi connectivity index (χ2n) is 8.48. The number of carbonyl (C=O) groups excluding carboxylic acids is 1. The molecule has 0 aromatic carbocycles. The van der Waals surface area contributed by atoms with Crippen LogP contribution in [0, 0.1) is 0 Å². The summed E-state index contributed by atoms with van der Waals surface area (Å²) in [5, 5.41) is 10.8. The van der Waals surface area contributed by atoms with Crippen LogP contribution < -0.4 is 10.6 Å². The molecule has 1 unspecified atom stereocenters. The van der Waals surface area contributed by atoms with Crippen LogP contribution in [0.5, 0.6) is 0 Å². The van der Waals surface area contributed by atoms with Gasteiger partial charge < -0.3 is 24.8 Å². The summed E-state index contributed by atoms with van der Waals surface area (Å²) in [6.45, 7) is 14.3. The topological polar surface area (TPSA) is 92.0 Å². The van der Waals surface area contributed by atoms with Crippen molar-refractivity contribution in [2.24, 2.45) is 4.99 Å². The van der Waals surface area contributed by atoms with Gasteiger partial charge in [-0.15, -0.1) is 24.0 Å². The highest BCUT2D eigenvalue weighted by molar-refractivity contribution is 14.0. The van der Waals surface area contributed by atoms with Crippen molar-refractivity contribution < 1.29 is 14.1 Å². The molecule has 1 aliphatic heterocycles. The number of ether oxygens (including phenoxy) is 1. The third kappa shape index (κ3) is 8.79. The highest BCUT2D eigenvalue weighted by Gasteiger charge is 2.28. The molecule has 29 heavy (non-hydrogen) atoms. The van der Waals surface area contributed by atoms with Gasteiger partial charge in [0.25, 0.3) is 0 Å². The number of aromatic nitrogens is 1. The van der Waals surface area contributed by atoms with E-state index in [-0.39, 0.29) is 36.1 Å². The van der Waals surface area contributed by atoms with Gasteiger partial charge in [-0.05, 0) is 46.5 Å². The molecule has 2 heterocycles. The maximum atomic E-state index is 12.3. The average molecular weight is 521 g/mol. The van der Waals surface area contributed by atoms with E-state index in [1.165, 1.54) is 0 Å². The lowest BCUT2D eigenvalue weighted by Gasteiger charge is -2.35. The number of guanidine groups is 1. The Bertz CT molecular complexity index is 669. The average Bonchev–Trinajstić information content (AvgIpc) is 3.08. The molecule has 1 aromatic heterocycles. The minimum atomic E-state index is -0.486. The first-order valence-corrected chi connectivity index (χ1v) is 10.2. The fraction of sp³-hybridized carbons (Fsp3) is 0.750. The third-order valence-corrected chi connectivity index (χ3v) is 4.32. The van der Waals surface area contributed by atoms with Crippen molar-refractivity contribution in [3.63, 3.8) is 0 Å². The maximum absolute atomic E-state index is 12.3. The molecule has 0 aliphatic carbocycles. The number of aliphatic imine (C=N–C) groups is 1. The number of halogens is 1. The zero-order chi connectivity index (χ0) is 20.7. The van der Waals surface area contributed by atoms with Gasteiger partial charge in [-0.3, -0.25) is 0 Å². The lowest BCUT2D eigenvalue weighted by molar-refractivity contribution is 0.0193. The maximum Gasteiger partial charge on any atom is 0.410 e. The highest BCUT2D eigenvalue weighted by Crippen LogP contribution is 2.16. The Morgan fingerprint density at radius 1 is 1.45 bits per heavy atom. The molecule has 1 aromatic rings. The predicted molar refractivity (Wildman–Crippen MR) is 125 cm³/mol. The Balaban J connectivity index is 0.00000420. The first-order chi connectivity index (χ1) is 13.2. The molecule has 1 aliphatic rings. The summed E-state index contributed by atoms with van der Waals surface area (Å²) in [7, 11) is 0. The molecular formula is C20H36IN5O3. The molecule has 0 saturated carbocycles. The molecule has 2 rings (SSSR count). The molecule has 0 spiro atoms. The molecule has 1 atom stereocenters. The van der Waals surface area contributed by atoms with Crippen LogP contribution in [-0.4, -0.2) is 53.4 Å². The monoisotopic (exact) mass is 521 g/mol.